The van der Waals surface area contributed by atoms with Crippen molar-refractivity contribution in [3.05, 3.63) is 41.5 Å². The summed E-state index contributed by atoms with van der Waals surface area (Å²) in [6.07, 6.45) is 14.0. The summed E-state index contributed by atoms with van der Waals surface area (Å²) in [4.78, 5) is 11.4. The van der Waals surface area contributed by atoms with Gasteiger partial charge in [0.2, 0.25) is 0 Å². The lowest BCUT2D eigenvalue weighted by Crippen LogP contribution is -2.13. The number of esters is 1. The predicted molar refractivity (Wildman–Crippen MR) is 102 cm³/mol. The molecule has 1 N–H and O–H groups in total. The number of unbranched alkanes of at least 4 members (excludes halogenated alkanes) is 2. The van der Waals surface area contributed by atoms with Crippen molar-refractivity contribution >= 4 is 12.0 Å². The minimum Gasteiger partial charge on any atom is -0.460 e. The van der Waals surface area contributed by atoms with E-state index in [9.17, 15) is 4.79 Å². The minimum atomic E-state index is -0.417. The van der Waals surface area contributed by atoms with E-state index in [0.29, 0.717) is 5.92 Å². The normalized spacial score (nSPS) is 20.7. The topological polar surface area (TPSA) is 46.5 Å². The molecule has 1 aliphatic carbocycles. The van der Waals surface area contributed by atoms with Gasteiger partial charge in [-0.2, -0.15) is 0 Å². The molecule has 0 amide bonds. The first-order valence-corrected chi connectivity index (χ1v) is 9.78. The van der Waals surface area contributed by atoms with Crippen molar-refractivity contribution in [2.75, 3.05) is 13.2 Å². The van der Waals surface area contributed by atoms with Crippen LogP contribution in [0.2, 0.25) is 0 Å². The third-order valence-electron chi connectivity index (χ3n) is 5.22. The molecule has 0 heterocycles. The van der Waals surface area contributed by atoms with Gasteiger partial charge >= 0.3 is 5.97 Å². The number of carbonyl (C=O) groups is 1. The van der Waals surface area contributed by atoms with E-state index in [0.717, 1.165) is 11.5 Å². The van der Waals surface area contributed by atoms with E-state index in [4.69, 9.17) is 9.84 Å². The Balaban J connectivity index is 1.78. The number of ether oxygens (including phenoxy) is 1. The van der Waals surface area contributed by atoms with Crippen LogP contribution in [-0.2, 0) is 9.53 Å². The van der Waals surface area contributed by atoms with E-state index in [1.807, 2.05) is 0 Å². The van der Waals surface area contributed by atoms with Gasteiger partial charge in [-0.1, -0.05) is 56.9 Å². The first-order chi connectivity index (χ1) is 12.2. The van der Waals surface area contributed by atoms with Crippen molar-refractivity contribution in [2.24, 2.45) is 5.92 Å². The molecule has 0 bridgehead atoms. The molecule has 0 aromatic heterocycles. The molecule has 1 saturated carbocycles. The van der Waals surface area contributed by atoms with Gasteiger partial charge in [0.05, 0.1) is 6.61 Å². The second-order valence-electron chi connectivity index (χ2n) is 7.10. The van der Waals surface area contributed by atoms with Crippen molar-refractivity contribution in [1.82, 2.24) is 0 Å². The summed E-state index contributed by atoms with van der Waals surface area (Å²) < 4.78 is 4.80. The molecule has 1 aliphatic rings. The summed E-state index contributed by atoms with van der Waals surface area (Å²) >= 11 is 0. The van der Waals surface area contributed by atoms with Gasteiger partial charge in [-0.25, -0.2) is 4.79 Å². The molecule has 0 atom stereocenters. The average molecular weight is 344 g/mol. The lowest BCUT2D eigenvalue weighted by atomic mass is 9.77. The fraction of sp³-hybridized carbons (Fsp3) is 0.591. The fourth-order valence-electron chi connectivity index (χ4n) is 3.71. The first-order valence-electron chi connectivity index (χ1n) is 9.78. The van der Waals surface area contributed by atoms with Crippen LogP contribution < -0.4 is 0 Å². The lowest BCUT2D eigenvalue weighted by Gasteiger charge is -2.29. The molecule has 0 aliphatic heterocycles. The van der Waals surface area contributed by atoms with Crippen LogP contribution in [0.5, 0.6) is 0 Å². The second kappa shape index (κ2) is 11.1. The van der Waals surface area contributed by atoms with Crippen molar-refractivity contribution in [2.45, 2.75) is 64.2 Å². The number of hydrogen-bond acceptors (Lipinski definition) is 3. The molecule has 3 nitrogen and oxygen atoms in total. The molecule has 0 spiro atoms. The zero-order valence-electron chi connectivity index (χ0n) is 15.5. The second-order valence-corrected chi connectivity index (χ2v) is 7.10. The molecule has 1 aromatic carbocycles. The monoisotopic (exact) mass is 344 g/mol. The highest BCUT2D eigenvalue weighted by atomic mass is 16.5. The zero-order chi connectivity index (χ0) is 17.9. The average Bonchev–Trinajstić information content (AvgIpc) is 2.66. The lowest BCUT2D eigenvalue weighted by molar-refractivity contribution is -0.138. The Morgan fingerprint density at radius 1 is 1.16 bits per heavy atom. The van der Waals surface area contributed by atoms with Crippen LogP contribution in [0.4, 0.5) is 0 Å². The maximum absolute atomic E-state index is 11.4. The minimum absolute atomic E-state index is 0.0449. The predicted octanol–water partition coefficient (Wildman–Crippen LogP) is 5.09. The van der Waals surface area contributed by atoms with E-state index in [2.05, 4.69) is 31.2 Å². The Kier molecular flexibility index (Phi) is 8.75. The zero-order valence-corrected chi connectivity index (χ0v) is 15.5. The van der Waals surface area contributed by atoms with Crippen LogP contribution in [0.25, 0.3) is 6.08 Å². The van der Waals surface area contributed by atoms with Crippen molar-refractivity contribution in [3.63, 3.8) is 0 Å². The number of benzene rings is 1. The van der Waals surface area contributed by atoms with Gasteiger partial charge in [0.15, 0.2) is 0 Å². The fourth-order valence-corrected chi connectivity index (χ4v) is 3.71. The van der Waals surface area contributed by atoms with Crippen molar-refractivity contribution in [3.8, 4) is 0 Å². The molecule has 0 radical (unpaired) electrons. The summed E-state index contributed by atoms with van der Waals surface area (Å²) in [7, 11) is 0. The van der Waals surface area contributed by atoms with E-state index in [1.165, 1.54) is 63.0 Å². The summed E-state index contributed by atoms with van der Waals surface area (Å²) in [5.74, 6) is 1.21. The highest BCUT2D eigenvalue weighted by Gasteiger charge is 2.21. The molecule has 2 rings (SSSR count). The number of carbonyl (C=O) groups excluding carboxylic acids is 1. The Morgan fingerprint density at radius 2 is 1.88 bits per heavy atom. The van der Waals surface area contributed by atoms with Crippen LogP contribution in [0, 0.1) is 5.92 Å². The molecular weight excluding hydrogens is 312 g/mol. The smallest absolute Gasteiger partial charge is 0.330 e. The van der Waals surface area contributed by atoms with Gasteiger partial charge in [0.1, 0.15) is 6.61 Å². The first kappa shape index (κ1) is 19.7. The van der Waals surface area contributed by atoms with Crippen LogP contribution in [-0.4, -0.2) is 24.3 Å². The maximum Gasteiger partial charge on any atom is 0.330 e. The summed E-state index contributed by atoms with van der Waals surface area (Å²) in [6, 6.07) is 8.53. The van der Waals surface area contributed by atoms with Crippen LogP contribution in [0.15, 0.2) is 30.3 Å². The van der Waals surface area contributed by atoms with E-state index >= 15 is 0 Å². The molecule has 25 heavy (non-hydrogen) atoms. The van der Waals surface area contributed by atoms with Crippen molar-refractivity contribution in [1.29, 1.82) is 0 Å². The van der Waals surface area contributed by atoms with Gasteiger partial charge < -0.3 is 9.84 Å². The molecule has 0 saturated heterocycles. The molecular formula is C22H32O3. The van der Waals surface area contributed by atoms with Gasteiger partial charge in [0.25, 0.3) is 0 Å². The molecule has 1 fully saturated rings. The Morgan fingerprint density at radius 3 is 2.52 bits per heavy atom. The summed E-state index contributed by atoms with van der Waals surface area (Å²) in [5, 5.41) is 8.62. The third kappa shape index (κ3) is 7.03. The molecule has 1 aromatic rings. The van der Waals surface area contributed by atoms with Gasteiger partial charge in [-0.15, -0.1) is 0 Å². The standard InChI is InChI=1S/C22H32O3/c1-2-3-4-5-18-6-11-20(12-7-18)21-13-8-19(9-14-21)10-15-22(24)25-17-16-23/h8-10,13-15,18,20,23H,2-7,11-12,16-17H2,1H3/b15-10+. The largest absolute Gasteiger partial charge is 0.460 e. The molecule has 0 unspecified atom stereocenters. The Labute approximate surface area is 152 Å². The van der Waals surface area contributed by atoms with Crippen LogP contribution in [0.1, 0.15) is 75.3 Å². The van der Waals surface area contributed by atoms with Gasteiger partial charge in [-0.3, -0.25) is 0 Å². The van der Waals surface area contributed by atoms with Crippen LogP contribution >= 0.6 is 0 Å². The summed E-state index contributed by atoms with van der Waals surface area (Å²) in [5.41, 5.74) is 2.42. The highest BCUT2D eigenvalue weighted by Crippen LogP contribution is 2.37. The SMILES string of the molecule is CCCCCC1CCC(c2ccc(/C=C/C(=O)OCCO)cc2)CC1. The van der Waals surface area contributed by atoms with E-state index in [1.54, 1.807) is 6.08 Å². The number of hydrogen-bond donors (Lipinski definition) is 1. The number of aliphatic hydroxyl groups is 1. The molecule has 138 valence electrons. The van der Waals surface area contributed by atoms with E-state index in [-0.39, 0.29) is 13.2 Å². The van der Waals surface area contributed by atoms with E-state index < -0.39 is 5.97 Å². The van der Waals surface area contributed by atoms with Gasteiger partial charge in [0, 0.05) is 6.08 Å². The maximum atomic E-state index is 11.4. The third-order valence-corrected chi connectivity index (χ3v) is 5.22. The quantitative estimate of drug-likeness (QED) is 0.385. The van der Waals surface area contributed by atoms with Crippen LogP contribution in [0.3, 0.4) is 0 Å². The van der Waals surface area contributed by atoms with Crippen molar-refractivity contribution < 1.29 is 14.6 Å². The summed E-state index contributed by atoms with van der Waals surface area (Å²) in [6.45, 7) is 2.17. The Hall–Kier alpha value is -1.61. The molecule has 3 heteroatoms. The number of rotatable bonds is 9. The highest BCUT2D eigenvalue weighted by molar-refractivity contribution is 5.87. The number of aliphatic hydroxyl groups excluding tert-OH is 1. The van der Waals surface area contributed by atoms with Gasteiger partial charge in [-0.05, 0) is 54.7 Å². The Bertz CT molecular complexity index is 525.